The number of aromatic nitrogens is 4. The minimum atomic E-state index is -0.609. The predicted molar refractivity (Wildman–Crippen MR) is 162 cm³/mol. The number of pyridine rings is 1. The van der Waals surface area contributed by atoms with Crippen LogP contribution in [0.2, 0.25) is 0 Å². The minimum absolute atomic E-state index is 0.0533. The summed E-state index contributed by atoms with van der Waals surface area (Å²) in [5, 5.41) is 6.86. The number of nitrogens with one attached hydrogen (secondary N) is 2. The number of imidazole rings is 1. The zero-order valence-corrected chi connectivity index (χ0v) is 23.4. The number of ether oxygens (including phenoxy) is 1. The van der Waals surface area contributed by atoms with Gasteiger partial charge in [-0.15, -0.1) is 0 Å². The van der Waals surface area contributed by atoms with Crippen LogP contribution in [0.4, 0.5) is 5.82 Å². The number of nitrogens with two attached hydrogens (primary N) is 1. The lowest BCUT2D eigenvalue weighted by Crippen LogP contribution is -2.34. The Bertz CT molecular complexity index is 1960. The molecule has 0 aliphatic carbocycles. The van der Waals surface area contributed by atoms with Crippen LogP contribution in [0.5, 0.6) is 0 Å². The molecule has 2 amide bonds. The first-order valence-electron chi connectivity index (χ1n) is 13.9. The molecule has 43 heavy (non-hydrogen) atoms. The number of hydrogen-bond donors (Lipinski definition) is 3. The second kappa shape index (κ2) is 11.8. The normalized spacial score (nSPS) is 15.1. The van der Waals surface area contributed by atoms with E-state index in [1.165, 1.54) is 6.33 Å². The third-order valence-corrected chi connectivity index (χ3v) is 7.37. The van der Waals surface area contributed by atoms with Gasteiger partial charge in [0.25, 0.3) is 11.5 Å². The highest BCUT2D eigenvalue weighted by atomic mass is 16.5. The number of anilines is 1. The van der Waals surface area contributed by atoms with Crippen molar-refractivity contribution in [3.05, 3.63) is 100 Å². The number of amides is 2. The molecule has 0 spiro atoms. The van der Waals surface area contributed by atoms with Gasteiger partial charge in [0.1, 0.15) is 23.8 Å². The molecule has 0 bridgehead atoms. The van der Waals surface area contributed by atoms with Crippen molar-refractivity contribution in [2.75, 3.05) is 18.9 Å². The summed E-state index contributed by atoms with van der Waals surface area (Å²) in [6.07, 6.45) is 5.86. The molecule has 1 unspecified atom stereocenters. The van der Waals surface area contributed by atoms with E-state index in [0.29, 0.717) is 46.4 Å². The Morgan fingerprint density at radius 3 is 2.79 bits per heavy atom. The van der Waals surface area contributed by atoms with Crippen LogP contribution in [0.3, 0.4) is 0 Å². The van der Waals surface area contributed by atoms with E-state index < -0.39 is 18.1 Å². The minimum Gasteiger partial charge on any atom is -0.383 e. The molecule has 1 fully saturated rings. The molecule has 1 aliphatic heterocycles. The number of benzene rings is 2. The van der Waals surface area contributed by atoms with Crippen molar-refractivity contribution >= 4 is 34.1 Å². The van der Waals surface area contributed by atoms with E-state index in [2.05, 4.69) is 32.4 Å². The maximum absolute atomic E-state index is 14.2. The SMILES string of the molecule is CC(NC(=O)c1c(N)ncn2ccnc12)c1cc2cccc(C#CCNC(=O)[C@H]3CCCO3)c2c(=O)n1-c1ccccc1. The summed E-state index contributed by atoms with van der Waals surface area (Å²) in [6.45, 7) is 2.52. The Morgan fingerprint density at radius 2 is 2.00 bits per heavy atom. The van der Waals surface area contributed by atoms with Crippen LogP contribution in [0.15, 0.2) is 78.1 Å². The van der Waals surface area contributed by atoms with Gasteiger partial charge in [-0.3, -0.25) is 23.4 Å². The topological polar surface area (TPSA) is 146 Å². The lowest BCUT2D eigenvalue weighted by Gasteiger charge is -2.21. The molecular weight excluding hydrogens is 546 g/mol. The third kappa shape index (κ3) is 5.43. The van der Waals surface area contributed by atoms with Crippen LogP contribution in [0.25, 0.3) is 22.1 Å². The fourth-order valence-corrected chi connectivity index (χ4v) is 5.28. The van der Waals surface area contributed by atoms with Gasteiger partial charge in [-0.1, -0.05) is 42.2 Å². The highest BCUT2D eigenvalue weighted by Crippen LogP contribution is 2.24. The fraction of sp³-hybridized carbons (Fsp3) is 0.219. The fourth-order valence-electron chi connectivity index (χ4n) is 5.28. The largest absolute Gasteiger partial charge is 0.383 e. The van der Waals surface area contributed by atoms with E-state index in [9.17, 15) is 14.4 Å². The van der Waals surface area contributed by atoms with Crippen LogP contribution in [0, 0.1) is 11.8 Å². The number of carbonyl (C=O) groups excluding carboxylic acids is 2. The summed E-state index contributed by atoms with van der Waals surface area (Å²) < 4.78 is 8.61. The zero-order chi connectivity index (χ0) is 29.9. The highest BCUT2D eigenvalue weighted by Gasteiger charge is 2.24. The van der Waals surface area contributed by atoms with Gasteiger partial charge >= 0.3 is 0 Å². The van der Waals surface area contributed by atoms with E-state index >= 15 is 0 Å². The number of nitrogens with zero attached hydrogens (tertiary/aromatic N) is 4. The zero-order valence-electron chi connectivity index (χ0n) is 23.4. The molecule has 1 saturated heterocycles. The molecular formula is C32H29N7O4. The van der Waals surface area contributed by atoms with Crippen molar-refractivity contribution in [3.63, 3.8) is 0 Å². The van der Waals surface area contributed by atoms with Gasteiger partial charge < -0.3 is 21.1 Å². The lowest BCUT2D eigenvalue weighted by atomic mass is 10.0. The predicted octanol–water partition coefficient (Wildman–Crippen LogP) is 2.75. The highest BCUT2D eigenvalue weighted by molar-refractivity contribution is 6.04. The maximum atomic E-state index is 14.2. The molecule has 0 saturated carbocycles. The van der Waals surface area contributed by atoms with Crippen molar-refractivity contribution in [3.8, 4) is 17.5 Å². The molecule has 2 atom stereocenters. The van der Waals surface area contributed by atoms with Crippen molar-refractivity contribution in [1.29, 1.82) is 0 Å². The van der Waals surface area contributed by atoms with Crippen molar-refractivity contribution in [2.45, 2.75) is 31.9 Å². The first-order chi connectivity index (χ1) is 20.9. The van der Waals surface area contributed by atoms with E-state index in [4.69, 9.17) is 10.5 Å². The number of para-hydroxylation sites is 1. The quantitative estimate of drug-likeness (QED) is 0.264. The third-order valence-electron chi connectivity index (χ3n) is 7.37. The van der Waals surface area contributed by atoms with Crippen LogP contribution < -0.4 is 21.9 Å². The van der Waals surface area contributed by atoms with Gasteiger partial charge in [-0.2, -0.15) is 0 Å². The number of fused-ring (bicyclic) bond motifs is 2. The molecule has 3 aromatic heterocycles. The second-order valence-corrected chi connectivity index (χ2v) is 10.2. The number of rotatable bonds is 6. The molecule has 0 radical (unpaired) electrons. The van der Waals surface area contributed by atoms with E-state index in [0.717, 1.165) is 6.42 Å². The van der Waals surface area contributed by atoms with Crippen LogP contribution in [-0.4, -0.2) is 50.0 Å². The average Bonchev–Trinajstić information content (AvgIpc) is 3.72. The van der Waals surface area contributed by atoms with Crippen LogP contribution in [-0.2, 0) is 9.53 Å². The van der Waals surface area contributed by atoms with Gasteiger partial charge in [0, 0.05) is 35.9 Å². The van der Waals surface area contributed by atoms with E-state index in [-0.39, 0.29) is 29.4 Å². The number of nitrogen functional groups attached to an aromatic ring is 1. The molecule has 11 heteroatoms. The summed E-state index contributed by atoms with van der Waals surface area (Å²) in [4.78, 5) is 48.3. The summed E-state index contributed by atoms with van der Waals surface area (Å²) in [6, 6.07) is 15.9. The Morgan fingerprint density at radius 1 is 1.16 bits per heavy atom. The summed E-state index contributed by atoms with van der Waals surface area (Å²) in [5.74, 6) is 5.43. The molecule has 4 N–H and O–H groups in total. The Labute approximate surface area is 246 Å². The van der Waals surface area contributed by atoms with E-state index in [1.807, 2.05) is 48.5 Å². The summed E-state index contributed by atoms with van der Waals surface area (Å²) >= 11 is 0. The van der Waals surface area contributed by atoms with Gasteiger partial charge in [0.05, 0.1) is 18.0 Å². The van der Waals surface area contributed by atoms with Crippen molar-refractivity contribution in [2.24, 2.45) is 0 Å². The van der Waals surface area contributed by atoms with Crippen LogP contribution >= 0.6 is 0 Å². The molecule has 6 rings (SSSR count). The first kappa shape index (κ1) is 27.7. The average molecular weight is 576 g/mol. The van der Waals surface area contributed by atoms with Gasteiger partial charge in [0.2, 0.25) is 5.91 Å². The molecule has 5 aromatic rings. The Balaban J connectivity index is 1.37. The van der Waals surface area contributed by atoms with Gasteiger partial charge in [-0.05, 0) is 49.4 Å². The Hall–Kier alpha value is -5.47. The van der Waals surface area contributed by atoms with E-state index in [1.54, 1.807) is 34.4 Å². The number of carbonyl (C=O) groups is 2. The lowest BCUT2D eigenvalue weighted by molar-refractivity contribution is -0.129. The molecule has 2 aromatic carbocycles. The standard InChI is InChI=1S/C32H29N7O4/c1-20(37-31(41)27-28(33)36-19-38-16-15-34-29(27)38)24-18-22-9-5-8-21(10-6-14-35-30(40)25-13-7-17-43-25)26(22)32(42)39(24)23-11-3-2-4-12-23/h2-5,8-9,11-12,15-16,18-20,25H,7,13-14,17,33H2,1H3,(H,35,40)(H,37,41)/t20?,25-/m1/s1. The van der Waals surface area contributed by atoms with Crippen molar-refractivity contribution in [1.82, 2.24) is 29.6 Å². The number of hydrogen-bond acceptors (Lipinski definition) is 7. The Kier molecular flexibility index (Phi) is 7.59. The molecule has 216 valence electrons. The van der Waals surface area contributed by atoms with Gasteiger partial charge in [0.15, 0.2) is 5.65 Å². The van der Waals surface area contributed by atoms with Crippen molar-refractivity contribution < 1.29 is 14.3 Å². The first-order valence-corrected chi connectivity index (χ1v) is 13.9. The smallest absolute Gasteiger partial charge is 0.264 e. The monoisotopic (exact) mass is 575 g/mol. The molecule has 1 aliphatic rings. The summed E-state index contributed by atoms with van der Waals surface area (Å²) in [5.41, 5.74) is 8.05. The maximum Gasteiger partial charge on any atom is 0.264 e. The molecule has 4 heterocycles. The van der Waals surface area contributed by atoms with Gasteiger partial charge in [-0.25, -0.2) is 9.97 Å². The molecule has 11 nitrogen and oxygen atoms in total. The van der Waals surface area contributed by atoms with Crippen LogP contribution in [0.1, 0.15) is 47.4 Å². The second-order valence-electron chi connectivity index (χ2n) is 10.2. The summed E-state index contributed by atoms with van der Waals surface area (Å²) in [7, 11) is 0.